The maximum Gasteiger partial charge on any atom is 0.255 e. The number of aromatic amines is 1. The number of hydrogen-bond acceptors (Lipinski definition) is 9. The minimum atomic E-state index is -0.556. The lowest BCUT2D eigenvalue weighted by Gasteiger charge is -2.35. The first-order chi connectivity index (χ1) is 16.4. The Bertz CT molecular complexity index is 1210. The molecule has 0 spiro atoms. The number of H-pyrrole nitrogens is 1. The highest BCUT2D eigenvalue weighted by molar-refractivity contribution is 7.16. The Kier molecular flexibility index (Phi) is 7.27. The average Bonchev–Trinajstić information content (AvgIpc) is 3.51. The molecule has 0 atom stereocenters. The van der Waals surface area contributed by atoms with Gasteiger partial charge in [-0.1, -0.05) is 0 Å². The summed E-state index contributed by atoms with van der Waals surface area (Å²) in [6.45, 7) is 8.70. The number of aromatic nitrogens is 4. The highest BCUT2D eigenvalue weighted by Gasteiger charge is 2.45. The molecule has 3 aromatic rings. The molecular weight excluding hydrogens is 497 g/mol. The maximum absolute atomic E-state index is 14.7. The quantitative estimate of drug-likeness (QED) is 0.486. The number of nitrogens with one attached hydrogen (secondary N) is 2. The summed E-state index contributed by atoms with van der Waals surface area (Å²) in [5, 5.41) is 9.58. The zero-order chi connectivity index (χ0) is 23.9. The lowest BCUT2D eigenvalue weighted by molar-refractivity contribution is 0.0263. The van der Waals surface area contributed by atoms with E-state index in [0.717, 1.165) is 43.9 Å². The van der Waals surface area contributed by atoms with Crippen LogP contribution in [0, 0.1) is 5.82 Å². The second kappa shape index (κ2) is 10.1. The summed E-state index contributed by atoms with van der Waals surface area (Å²) in [4.78, 5) is 27.4. The van der Waals surface area contributed by atoms with Gasteiger partial charge in [0.1, 0.15) is 11.4 Å². The molecule has 0 radical (unpaired) electrons. The van der Waals surface area contributed by atoms with Crippen LogP contribution in [0.25, 0.3) is 10.6 Å². The Hall–Kier alpha value is -2.80. The van der Waals surface area contributed by atoms with Crippen molar-refractivity contribution in [3.05, 3.63) is 34.7 Å². The number of thiophene rings is 1. The fraction of sp³-hybridized carbons (Fsp3) is 0.455. The summed E-state index contributed by atoms with van der Waals surface area (Å²) >= 11 is 1.39. The molecule has 3 aromatic heterocycles. The van der Waals surface area contributed by atoms with Crippen LogP contribution >= 0.6 is 23.7 Å². The number of ether oxygens (including phenoxy) is 2. The number of hydrogen-bond donors (Lipinski definition) is 2. The van der Waals surface area contributed by atoms with E-state index in [1.165, 1.54) is 24.6 Å². The first-order valence-corrected chi connectivity index (χ1v) is 11.8. The Morgan fingerprint density at radius 1 is 1.29 bits per heavy atom. The number of fused-ring (bicyclic) bond motifs is 1. The Morgan fingerprint density at radius 3 is 2.77 bits per heavy atom. The molecule has 5 rings (SSSR count). The van der Waals surface area contributed by atoms with Gasteiger partial charge in [-0.25, -0.2) is 19.5 Å². The Morgan fingerprint density at radius 2 is 2.06 bits per heavy atom. The minimum Gasteiger partial charge on any atom is -0.480 e. The predicted molar refractivity (Wildman–Crippen MR) is 132 cm³/mol. The summed E-state index contributed by atoms with van der Waals surface area (Å²) in [5.41, 5.74) is 0.788. The number of halogens is 2. The predicted octanol–water partition coefficient (Wildman–Crippen LogP) is 3.26. The fourth-order valence-electron chi connectivity index (χ4n) is 4.33. The van der Waals surface area contributed by atoms with Crippen LogP contribution in [0.15, 0.2) is 18.5 Å². The monoisotopic (exact) mass is 523 g/mol. The van der Waals surface area contributed by atoms with Crippen LogP contribution < -0.4 is 10.1 Å². The molecule has 2 aliphatic rings. The normalized spacial score (nSPS) is 17.3. The van der Waals surface area contributed by atoms with Crippen molar-refractivity contribution in [1.29, 1.82) is 0 Å². The van der Waals surface area contributed by atoms with Crippen molar-refractivity contribution in [1.82, 2.24) is 30.0 Å². The SMILES string of the molecule is COc1[nH]ncc1Nc1ncc(F)c(-c2cc3c(s2)C(C)(C)N(CCN2CCOCC2)C3=O)n1.Cl. The van der Waals surface area contributed by atoms with Crippen LogP contribution in [0.2, 0.25) is 0 Å². The number of amides is 1. The van der Waals surface area contributed by atoms with E-state index in [1.54, 1.807) is 6.07 Å². The first kappa shape index (κ1) is 25.3. The Balaban J connectivity index is 0.00000289. The molecule has 10 nitrogen and oxygen atoms in total. The van der Waals surface area contributed by atoms with E-state index in [9.17, 15) is 9.18 Å². The van der Waals surface area contributed by atoms with Crippen molar-refractivity contribution >= 4 is 41.3 Å². The average molecular weight is 524 g/mol. The van der Waals surface area contributed by atoms with Crippen molar-refractivity contribution in [2.24, 2.45) is 0 Å². The van der Waals surface area contributed by atoms with Gasteiger partial charge in [0.15, 0.2) is 5.82 Å². The zero-order valence-corrected chi connectivity index (χ0v) is 21.3. The molecule has 13 heteroatoms. The van der Waals surface area contributed by atoms with Gasteiger partial charge in [0, 0.05) is 31.1 Å². The number of morpholine rings is 1. The molecule has 1 amide bonds. The molecule has 5 heterocycles. The van der Waals surface area contributed by atoms with E-state index in [-0.39, 0.29) is 30.0 Å². The molecule has 0 aliphatic carbocycles. The topological polar surface area (TPSA) is 108 Å². The van der Waals surface area contributed by atoms with Gasteiger partial charge in [-0.15, -0.1) is 23.7 Å². The number of carbonyl (C=O) groups is 1. The third-order valence-electron chi connectivity index (χ3n) is 6.21. The van der Waals surface area contributed by atoms with Gasteiger partial charge in [0.05, 0.1) is 48.7 Å². The van der Waals surface area contributed by atoms with Gasteiger partial charge in [0.25, 0.3) is 5.91 Å². The molecule has 0 aromatic carbocycles. The van der Waals surface area contributed by atoms with E-state index in [1.807, 2.05) is 18.7 Å². The van der Waals surface area contributed by atoms with Crippen molar-refractivity contribution in [2.45, 2.75) is 19.4 Å². The second-order valence-corrected chi connectivity index (χ2v) is 9.71. The highest BCUT2D eigenvalue weighted by atomic mass is 35.5. The van der Waals surface area contributed by atoms with Crippen LogP contribution in [-0.2, 0) is 10.3 Å². The fourth-order valence-corrected chi connectivity index (χ4v) is 5.58. The van der Waals surface area contributed by atoms with E-state index in [0.29, 0.717) is 28.6 Å². The highest BCUT2D eigenvalue weighted by Crippen LogP contribution is 2.46. The molecule has 0 unspecified atom stereocenters. The largest absolute Gasteiger partial charge is 0.480 e. The molecule has 2 aliphatic heterocycles. The molecule has 0 bridgehead atoms. The van der Waals surface area contributed by atoms with E-state index in [4.69, 9.17) is 9.47 Å². The van der Waals surface area contributed by atoms with Crippen LogP contribution in [0.4, 0.5) is 16.0 Å². The van der Waals surface area contributed by atoms with Gasteiger partial charge < -0.3 is 19.7 Å². The summed E-state index contributed by atoms with van der Waals surface area (Å²) in [7, 11) is 1.51. The number of nitrogens with zero attached hydrogens (tertiary/aromatic N) is 5. The minimum absolute atomic E-state index is 0. The van der Waals surface area contributed by atoms with Crippen LogP contribution in [0.5, 0.6) is 5.88 Å². The molecule has 35 heavy (non-hydrogen) atoms. The van der Waals surface area contributed by atoms with Crippen molar-refractivity contribution in [2.75, 3.05) is 51.8 Å². The van der Waals surface area contributed by atoms with Gasteiger partial charge in [0.2, 0.25) is 11.8 Å². The lowest BCUT2D eigenvalue weighted by atomic mass is 10.0. The van der Waals surface area contributed by atoms with Crippen molar-refractivity contribution in [3.8, 4) is 16.5 Å². The number of anilines is 2. The summed E-state index contributed by atoms with van der Waals surface area (Å²) in [5.74, 6) is 0.0160. The molecule has 1 fully saturated rings. The summed E-state index contributed by atoms with van der Waals surface area (Å²) < 4.78 is 25.3. The van der Waals surface area contributed by atoms with Gasteiger partial charge >= 0.3 is 0 Å². The molecule has 0 saturated carbocycles. The van der Waals surface area contributed by atoms with Crippen molar-refractivity contribution < 1.29 is 18.7 Å². The van der Waals surface area contributed by atoms with E-state index < -0.39 is 11.4 Å². The smallest absolute Gasteiger partial charge is 0.255 e. The molecule has 1 saturated heterocycles. The summed E-state index contributed by atoms with van der Waals surface area (Å²) in [6.07, 6.45) is 2.64. The van der Waals surface area contributed by atoms with Gasteiger partial charge in [-0.2, -0.15) is 5.10 Å². The van der Waals surface area contributed by atoms with Crippen molar-refractivity contribution in [3.63, 3.8) is 0 Å². The van der Waals surface area contributed by atoms with Crippen LogP contribution in [-0.4, -0.2) is 82.4 Å². The zero-order valence-electron chi connectivity index (χ0n) is 19.6. The first-order valence-electron chi connectivity index (χ1n) is 11.0. The number of methoxy groups -OCH3 is 1. The lowest BCUT2D eigenvalue weighted by Crippen LogP contribution is -2.46. The van der Waals surface area contributed by atoms with E-state index in [2.05, 4.69) is 30.4 Å². The van der Waals surface area contributed by atoms with Crippen LogP contribution in [0.3, 0.4) is 0 Å². The second-order valence-electron chi connectivity index (χ2n) is 8.66. The molecule has 2 N–H and O–H groups in total. The molecular formula is C22H27ClFN7O3S. The standard InChI is InChI=1S/C22H26FN7O3S.ClH/c1-22(2)18-13(20(31)30(22)5-4-29-6-8-33-9-7-29)10-16(34-18)17-14(23)11-24-21(27-17)26-15-12-25-28-19(15)32-3;/h10-12H,4-9H2,1-3H3,(H,25,28)(H,24,26,27);1H. The number of rotatable bonds is 7. The van der Waals surface area contributed by atoms with Crippen LogP contribution in [0.1, 0.15) is 29.1 Å². The van der Waals surface area contributed by atoms with E-state index >= 15 is 0 Å². The third kappa shape index (κ3) is 4.70. The summed E-state index contributed by atoms with van der Waals surface area (Å²) in [6, 6.07) is 1.74. The maximum atomic E-state index is 14.7. The Labute approximate surface area is 212 Å². The van der Waals surface area contributed by atoms with Gasteiger partial charge in [-0.05, 0) is 19.9 Å². The molecule has 188 valence electrons. The number of carbonyl (C=O) groups excluding carboxylic acids is 1. The third-order valence-corrected chi connectivity index (χ3v) is 7.67. The van der Waals surface area contributed by atoms with Gasteiger partial charge in [-0.3, -0.25) is 9.69 Å².